The third-order valence-corrected chi connectivity index (χ3v) is 3.04. The van der Waals surface area contributed by atoms with Crippen LogP contribution in [0.1, 0.15) is 23.0 Å². The molecule has 5 heteroatoms. The summed E-state index contributed by atoms with van der Waals surface area (Å²) >= 11 is 0. The highest BCUT2D eigenvalue weighted by atomic mass is 16.5. The number of rotatable bonds is 4. The second-order valence-corrected chi connectivity index (χ2v) is 4.10. The number of aryl methyl sites for hydroxylation is 1. The number of methoxy groups -OCH3 is 2. The lowest BCUT2D eigenvalue weighted by molar-refractivity contribution is 0.0520. The molecular formula is C14H17NO4. The van der Waals surface area contributed by atoms with E-state index in [9.17, 15) is 4.79 Å². The minimum absolute atomic E-state index is 0.348. The lowest BCUT2D eigenvalue weighted by Crippen LogP contribution is -2.06. The number of ether oxygens (including phenoxy) is 3. The van der Waals surface area contributed by atoms with Gasteiger partial charge < -0.3 is 19.2 Å². The van der Waals surface area contributed by atoms with Crippen molar-refractivity contribution in [3.05, 3.63) is 23.4 Å². The Labute approximate surface area is 111 Å². The van der Waals surface area contributed by atoms with Crippen molar-refractivity contribution in [2.75, 3.05) is 20.8 Å². The number of fused-ring (bicyclic) bond motifs is 1. The molecule has 19 heavy (non-hydrogen) atoms. The maximum atomic E-state index is 11.8. The zero-order valence-corrected chi connectivity index (χ0v) is 11.5. The van der Waals surface area contributed by atoms with Gasteiger partial charge in [0, 0.05) is 11.5 Å². The second kappa shape index (κ2) is 5.22. The molecule has 0 saturated carbocycles. The average Bonchev–Trinajstić information content (AvgIpc) is 2.74. The Morgan fingerprint density at radius 1 is 1.21 bits per heavy atom. The Balaban J connectivity index is 2.60. The number of nitrogens with one attached hydrogen (secondary N) is 1. The van der Waals surface area contributed by atoms with Crippen LogP contribution in [0.15, 0.2) is 12.1 Å². The maximum Gasteiger partial charge on any atom is 0.355 e. The van der Waals surface area contributed by atoms with E-state index < -0.39 is 0 Å². The lowest BCUT2D eigenvalue weighted by atomic mass is 10.1. The molecule has 1 N–H and O–H groups in total. The summed E-state index contributed by atoms with van der Waals surface area (Å²) in [6.07, 6.45) is 0. The standard InChI is InChI=1S/C14H17NO4/c1-5-19-14(16)13-8(2)9-6-11(17-3)12(18-4)7-10(9)15-13/h6-7,15H,5H2,1-4H3. The molecule has 1 aromatic heterocycles. The third-order valence-electron chi connectivity index (χ3n) is 3.04. The van der Waals surface area contributed by atoms with Gasteiger partial charge in [-0.25, -0.2) is 4.79 Å². The van der Waals surface area contributed by atoms with E-state index in [1.807, 2.05) is 19.1 Å². The van der Waals surface area contributed by atoms with Gasteiger partial charge in [-0.15, -0.1) is 0 Å². The van der Waals surface area contributed by atoms with Crippen LogP contribution in [-0.4, -0.2) is 31.8 Å². The fraction of sp³-hybridized carbons (Fsp3) is 0.357. The molecule has 2 rings (SSSR count). The molecule has 102 valence electrons. The Morgan fingerprint density at radius 2 is 1.84 bits per heavy atom. The predicted molar refractivity (Wildman–Crippen MR) is 72.1 cm³/mol. The Hall–Kier alpha value is -2.17. The zero-order valence-electron chi connectivity index (χ0n) is 11.5. The number of H-pyrrole nitrogens is 1. The van der Waals surface area contributed by atoms with Gasteiger partial charge in [0.2, 0.25) is 0 Å². The number of hydrogen-bond acceptors (Lipinski definition) is 4. The molecule has 0 atom stereocenters. The SMILES string of the molecule is CCOC(=O)c1[nH]c2cc(OC)c(OC)cc2c1C. The molecule has 0 bridgehead atoms. The monoisotopic (exact) mass is 263 g/mol. The van der Waals surface area contributed by atoms with Gasteiger partial charge in [0.1, 0.15) is 5.69 Å². The van der Waals surface area contributed by atoms with E-state index in [0.29, 0.717) is 23.8 Å². The van der Waals surface area contributed by atoms with E-state index in [1.54, 1.807) is 21.1 Å². The number of carbonyl (C=O) groups is 1. The molecule has 0 aliphatic rings. The van der Waals surface area contributed by atoms with E-state index in [4.69, 9.17) is 14.2 Å². The van der Waals surface area contributed by atoms with Gasteiger partial charge in [-0.3, -0.25) is 0 Å². The average molecular weight is 263 g/mol. The third kappa shape index (κ3) is 2.23. The van der Waals surface area contributed by atoms with Gasteiger partial charge in [0.25, 0.3) is 0 Å². The molecule has 0 spiro atoms. The van der Waals surface area contributed by atoms with Gasteiger partial charge in [0.15, 0.2) is 11.5 Å². The molecule has 1 heterocycles. The van der Waals surface area contributed by atoms with Gasteiger partial charge >= 0.3 is 5.97 Å². The minimum atomic E-state index is -0.353. The fourth-order valence-electron chi connectivity index (χ4n) is 2.06. The molecule has 0 aliphatic heterocycles. The summed E-state index contributed by atoms with van der Waals surface area (Å²) in [7, 11) is 3.16. The van der Waals surface area contributed by atoms with Crippen LogP contribution in [0.4, 0.5) is 0 Å². The lowest BCUT2D eigenvalue weighted by Gasteiger charge is -2.07. The van der Waals surface area contributed by atoms with Crippen LogP contribution in [0.5, 0.6) is 11.5 Å². The first-order valence-electron chi connectivity index (χ1n) is 6.03. The van der Waals surface area contributed by atoms with Gasteiger partial charge in [-0.2, -0.15) is 0 Å². The summed E-state index contributed by atoms with van der Waals surface area (Å²) in [4.78, 5) is 14.9. The quantitative estimate of drug-likeness (QED) is 0.861. The van der Waals surface area contributed by atoms with Crippen molar-refractivity contribution in [2.24, 2.45) is 0 Å². The predicted octanol–water partition coefficient (Wildman–Crippen LogP) is 2.67. The molecule has 0 saturated heterocycles. The Bertz CT molecular complexity index is 615. The number of hydrogen-bond donors (Lipinski definition) is 1. The molecule has 2 aromatic rings. The molecule has 1 aromatic carbocycles. The van der Waals surface area contributed by atoms with Crippen LogP contribution in [0.3, 0.4) is 0 Å². The van der Waals surface area contributed by atoms with E-state index >= 15 is 0 Å². The van der Waals surface area contributed by atoms with Crippen molar-refractivity contribution < 1.29 is 19.0 Å². The highest BCUT2D eigenvalue weighted by Crippen LogP contribution is 2.34. The molecule has 5 nitrogen and oxygen atoms in total. The number of aromatic amines is 1. The van der Waals surface area contributed by atoms with Gasteiger partial charge in [-0.05, 0) is 25.5 Å². The van der Waals surface area contributed by atoms with E-state index in [0.717, 1.165) is 16.5 Å². The van der Waals surface area contributed by atoms with Crippen molar-refractivity contribution >= 4 is 16.9 Å². The normalized spacial score (nSPS) is 10.5. The van der Waals surface area contributed by atoms with Crippen molar-refractivity contribution in [3.63, 3.8) is 0 Å². The maximum absolute atomic E-state index is 11.8. The first-order valence-corrected chi connectivity index (χ1v) is 6.03. The highest BCUT2D eigenvalue weighted by molar-refractivity contribution is 5.99. The van der Waals surface area contributed by atoms with Gasteiger partial charge in [0.05, 0.1) is 26.3 Å². The van der Waals surface area contributed by atoms with Crippen LogP contribution in [0.25, 0.3) is 10.9 Å². The summed E-state index contributed by atoms with van der Waals surface area (Å²) in [6, 6.07) is 3.66. The summed E-state index contributed by atoms with van der Waals surface area (Å²) < 4.78 is 15.5. The molecule has 0 aliphatic carbocycles. The first-order chi connectivity index (χ1) is 9.12. The summed E-state index contributed by atoms with van der Waals surface area (Å²) in [5, 5.41) is 0.917. The van der Waals surface area contributed by atoms with Crippen LogP contribution in [-0.2, 0) is 4.74 Å². The summed E-state index contributed by atoms with van der Waals surface area (Å²) in [5.74, 6) is 0.897. The fourth-order valence-corrected chi connectivity index (χ4v) is 2.06. The first kappa shape index (κ1) is 13.3. The molecule has 0 unspecified atom stereocenters. The molecular weight excluding hydrogens is 246 g/mol. The molecule has 0 amide bonds. The van der Waals surface area contributed by atoms with Crippen molar-refractivity contribution in [2.45, 2.75) is 13.8 Å². The van der Waals surface area contributed by atoms with Crippen LogP contribution >= 0.6 is 0 Å². The van der Waals surface area contributed by atoms with Gasteiger partial charge in [-0.1, -0.05) is 0 Å². The molecule has 0 fully saturated rings. The van der Waals surface area contributed by atoms with E-state index in [1.165, 1.54) is 0 Å². The zero-order chi connectivity index (χ0) is 14.0. The van der Waals surface area contributed by atoms with Crippen molar-refractivity contribution in [3.8, 4) is 11.5 Å². The Morgan fingerprint density at radius 3 is 2.42 bits per heavy atom. The highest BCUT2D eigenvalue weighted by Gasteiger charge is 2.17. The number of aromatic nitrogens is 1. The second-order valence-electron chi connectivity index (χ2n) is 4.10. The largest absolute Gasteiger partial charge is 0.493 e. The summed E-state index contributed by atoms with van der Waals surface area (Å²) in [5.41, 5.74) is 2.12. The van der Waals surface area contributed by atoms with Crippen LogP contribution in [0, 0.1) is 6.92 Å². The van der Waals surface area contributed by atoms with Crippen molar-refractivity contribution in [1.29, 1.82) is 0 Å². The van der Waals surface area contributed by atoms with E-state index in [2.05, 4.69) is 4.98 Å². The minimum Gasteiger partial charge on any atom is -0.493 e. The van der Waals surface area contributed by atoms with E-state index in [-0.39, 0.29) is 5.97 Å². The Kier molecular flexibility index (Phi) is 3.64. The van der Waals surface area contributed by atoms with Crippen LogP contribution in [0.2, 0.25) is 0 Å². The molecule has 0 radical (unpaired) electrons. The van der Waals surface area contributed by atoms with Crippen LogP contribution < -0.4 is 9.47 Å². The van der Waals surface area contributed by atoms with Crippen molar-refractivity contribution in [1.82, 2.24) is 4.98 Å². The smallest absolute Gasteiger partial charge is 0.355 e. The summed E-state index contributed by atoms with van der Waals surface area (Å²) in [6.45, 7) is 4.00. The number of benzene rings is 1. The number of carbonyl (C=O) groups excluding carboxylic acids is 1. The topological polar surface area (TPSA) is 60.6 Å². The number of esters is 1.